The summed E-state index contributed by atoms with van der Waals surface area (Å²) in [5.41, 5.74) is 6.17. The predicted octanol–water partition coefficient (Wildman–Crippen LogP) is 6.16. The summed E-state index contributed by atoms with van der Waals surface area (Å²) >= 11 is 11.1. The van der Waals surface area contributed by atoms with Gasteiger partial charge < -0.3 is 15.6 Å². The fraction of sp³-hybridized carbons (Fsp3) is 0.250. The number of rotatable bonds is 1. The number of nitrogens with zero attached hydrogens (tertiary/aromatic N) is 2. The number of benzene rings is 2. The summed E-state index contributed by atoms with van der Waals surface area (Å²) < 4.78 is 55.3. The number of hydrogen-bond acceptors (Lipinski definition) is 5. The van der Waals surface area contributed by atoms with E-state index in [0.29, 0.717) is 35.2 Å². The number of aliphatic hydroxyl groups is 1. The Morgan fingerprint density at radius 2 is 1.86 bits per heavy atom. The van der Waals surface area contributed by atoms with Gasteiger partial charge in [-0.1, -0.05) is 34.8 Å². The average molecular weight is 548 g/mol. The second-order valence-electron chi connectivity index (χ2n) is 7.31. The Bertz CT molecular complexity index is 1210. The molecular weight excluding hydrogens is 525 g/mol. The first-order valence-corrected chi connectivity index (χ1v) is 11.2. The molecule has 0 atom stereocenters. The van der Waals surface area contributed by atoms with Crippen LogP contribution >= 0.6 is 23.2 Å². The molecule has 0 spiro atoms. The number of halogens is 6. The molecule has 194 valence electrons. The van der Waals surface area contributed by atoms with Gasteiger partial charge in [-0.2, -0.15) is 13.2 Å². The second kappa shape index (κ2) is 12.8. The van der Waals surface area contributed by atoms with Crippen LogP contribution in [0.4, 0.5) is 28.9 Å². The van der Waals surface area contributed by atoms with Gasteiger partial charge in [0.1, 0.15) is 18.2 Å². The van der Waals surface area contributed by atoms with Crippen molar-refractivity contribution in [3.05, 3.63) is 81.3 Å². The Hall–Kier alpha value is -3.08. The maximum absolute atomic E-state index is 13.4. The second-order valence-corrected chi connectivity index (χ2v) is 8.15. The van der Waals surface area contributed by atoms with Gasteiger partial charge in [0.25, 0.3) is 5.91 Å². The molecule has 0 fully saturated rings. The number of aliphatic hydroxyl groups excluding tert-OH is 1. The molecule has 3 aromatic rings. The number of pyridine rings is 1. The molecule has 1 amide bonds. The Balaban J connectivity index is 0.000000258. The van der Waals surface area contributed by atoms with Crippen LogP contribution in [-0.4, -0.2) is 35.8 Å². The third-order valence-electron chi connectivity index (χ3n) is 4.54. The minimum atomic E-state index is -4.36. The first-order valence-electron chi connectivity index (χ1n) is 10.5. The van der Waals surface area contributed by atoms with Crippen molar-refractivity contribution in [2.45, 2.75) is 20.0 Å². The number of amides is 1. The van der Waals surface area contributed by atoms with Crippen LogP contribution in [0.5, 0.6) is 5.75 Å². The van der Waals surface area contributed by atoms with Crippen molar-refractivity contribution in [2.24, 2.45) is 0 Å². The molecule has 2 aromatic carbocycles. The minimum absolute atomic E-state index is 0.0801. The van der Waals surface area contributed by atoms with Crippen LogP contribution in [0.1, 0.15) is 28.5 Å². The molecule has 3 N–H and O–H groups in total. The Kier molecular flexibility index (Phi) is 10.3. The lowest BCUT2D eigenvalue weighted by atomic mass is 10.1. The SMILES string of the molecule is CCO.Cc1ccc(Cl)c(C(F)(F)F)c1.Nc1cc(Cl)cnc1C(=O)N1CCOc2ccc(F)cc21. The summed E-state index contributed by atoms with van der Waals surface area (Å²) in [4.78, 5) is 17.9. The zero-order valence-corrected chi connectivity index (χ0v) is 20.8. The smallest absolute Gasteiger partial charge is 0.417 e. The van der Waals surface area contributed by atoms with Crippen molar-refractivity contribution in [3.63, 3.8) is 0 Å². The summed E-state index contributed by atoms with van der Waals surface area (Å²) in [5.74, 6) is -0.420. The lowest BCUT2D eigenvalue weighted by molar-refractivity contribution is -0.137. The monoisotopic (exact) mass is 547 g/mol. The Labute approximate surface area is 215 Å². The molecule has 2 heterocycles. The number of carbonyl (C=O) groups is 1. The molecule has 0 aliphatic carbocycles. The summed E-state index contributed by atoms with van der Waals surface area (Å²) in [6.45, 7) is 4.13. The van der Waals surface area contributed by atoms with E-state index in [1.54, 1.807) is 13.8 Å². The molecule has 1 aliphatic rings. The van der Waals surface area contributed by atoms with Gasteiger partial charge in [0.05, 0.1) is 33.5 Å². The highest BCUT2D eigenvalue weighted by molar-refractivity contribution is 6.31. The normalized spacial score (nSPS) is 12.3. The maximum Gasteiger partial charge on any atom is 0.417 e. The van der Waals surface area contributed by atoms with Crippen LogP contribution in [0.2, 0.25) is 10.0 Å². The van der Waals surface area contributed by atoms with Crippen LogP contribution < -0.4 is 15.4 Å². The van der Waals surface area contributed by atoms with E-state index in [9.17, 15) is 22.4 Å². The van der Waals surface area contributed by atoms with E-state index in [-0.39, 0.29) is 23.0 Å². The molecule has 0 radical (unpaired) electrons. The summed E-state index contributed by atoms with van der Waals surface area (Å²) in [5, 5.41) is 7.66. The molecule has 36 heavy (non-hydrogen) atoms. The quantitative estimate of drug-likeness (QED) is 0.356. The molecule has 4 rings (SSSR count). The number of alkyl halides is 3. The fourth-order valence-corrected chi connectivity index (χ4v) is 3.41. The Morgan fingerprint density at radius 3 is 2.44 bits per heavy atom. The first kappa shape index (κ1) is 29.2. The number of ether oxygens (including phenoxy) is 1. The average Bonchev–Trinajstić information content (AvgIpc) is 2.80. The fourth-order valence-electron chi connectivity index (χ4n) is 3.02. The van der Waals surface area contributed by atoms with Crippen molar-refractivity contribution in [1.29, 1.82) is 0 Å². The van der Waals surface area contributed by atoms with E-state index >= 15 is 0 Å². The standard InChI is InChI=1S/C14H11ClFN3O2.C8H6ClF3.C2H6O/c15-8-5-10(17)13(18-7-8)14(20)19-3-4-21-12-2-1-9(16)6-11(12)19;1-5-2-3-7(9)6(4-5)8(10,11)12;1-2-3/h1-2,5-7H,3-4,17H2;2-4H,1H3;3H,2H2,1H3. The topological polar surface area (TPSA) is 88.7 Å². The predicted molar refractivity (Wildman–Crippen MR) is 131 cm³/mol. The van der Waals surface area contributed by atoms with E-state index in [0.717, 1.165) is 6.07 Å². The number of hydrogen-bond donors (Lipinski definition) is 2. The van der Waals surface area contributed by atoms with Crippen molar-refractivity contribution < 1.29 is 32.2 Å². The van der Waals surface area contributed by atoms with Gasteiger partial charge in [-0.15, -0.1) is 0 Å². The van der Waals surface area contributed by atoms with E-state index < -0.39 is 23.5 Å². The van der Waals surface area contributed by atoms with E-state index in [1.807, 2.05) is 0 Å². The zero-order valence-electron chi connectivity index (χ0n) is 19.2. The van der Waals surface area contributed by atoms with Crippen molar-refractivity contribution >= 4 is 40.5 Å². The number of anilines is 2. The maximum atomic E-state index is 13.4. The highest BCUT2D eigenvalue weighted by Crippen LogP contribution is 2.35. The van der Waals surface area contributed by atoms with Gasteiger partial charge >= 0.3 is 6.18 Å². The van der Waals surface area contributed by atoms with E-state index in [4.69, 9.17) is 38.8 Å². The lowest BCUT2D eigenvalue weighted by Gasteiger charge is -2.29. The number of carbonyl (C=O) groups excluding carboxylic acids is 1. The van der Waals surface area contributed by atoms with Gasteiger partial charge in [-0.25, -0.2) is 9.37 Å². The molecule has 0 unspecified atom stereocenters. The Morgan fingerprint density at radius 1 is 1.19 bits per heavy atom. The molecule has 0 saturated carbocycles. The molecule has 12 heteroatoms. The zero-order chi connectivity index (χ0) is 27.0. The van der Waals surface area contributed by atoms with Crippen LogP contribution in [-0.2, 0) is 6.18 Å². The molecule has 1 aromatic heterocycles. The molecular formula is C24H23Cl2F4N3O3. The third-order valence-corrected chi connectivity index (χ3v) is 5.08. The third kappa shape index (κ3) is 7.71. The lowest BCUT2D eigenvalue weighted by Crippen LogP contribution is -2.38. The summed E-state index contributed by atoms with van der Waals surface area (Å²) in [6, 6.07) is 9.29. The van der Waals surface area contributed by atoms with Crippen LogP contribution in [0, 0.1) is 12.7 Å². The van der Waals surface area contributed by atoms with Crippen LogP contribution in [0.15, 0.2) is 48.7 Å². The minimum Gasteiger partial charge on any atom is -0.490 e. The van der Waals surface area contributed by atoms with Gasteiger partial charge in [-0.05, 0) is 44.2 Å². The number of fused-ring (bicyclic) bond motifs is 1. The van der Waals surface area contributed by atoms with Gasteiger partial charge in [0.15, 0.2) is 5.69 Å². The molecule has 0 saturated heterocycles. The van der Waals surface area contributed by atoms with Crippen LogP contribution in [0.3, 0.4) is 0 Å². The van der Waals surface area contributed by atoms with Gasteiger partial charge in [0.2, 0.25) is 0 Å². The number of nitrogen functional groups attached to an aromatic ring is 1. The van der Waals surface area contributed by atoms with E-state index in [1.165, 1.54) is 47.5 Å². The van der Waals surface area contributed by atoms with Gasteiger partial charge in [-0.3, -0.25) is 9.69 Å². The van der Waals surface area contributed by atoms with Crippen molar-refractivity contribution in [2.75, 3.05) is 30.4 Å². The van der Waals surface area contributed by atoms with Crippen molar-refractivity contribution in [1.82, 2.24) is 4.98 Å². The number of aryl methyl sites for hydroxylation is 1. The number of nitrogens with two attached hydrogens (primary N) is 1. The molecule has 6 nitrogen and oxygen atoms in total. The molecule has 1 aliphatic heterocycles. The summed E-state index contributed by atoms with van der Waals surface area (Å²) in [6.07, 6.45) is -3.01. The highest BCUT2D eigenvalue weighted by Gasteiger charge is 2.33. The molecule has 0 bridgehead atoms. The summed E-state index contributed by atoms with van der Waals surface area (Å²) in [7, 11) is 0. The number of aromatic nitrogens is 1. The van der Waals surface area contributed by atoms with Gasteiger partial charge in [0, 0.05) is 18.9 Å². The van der Waals surface area contributed by atoms with Crippen LogP contribution in [0.25, 0.3) is 0 Å². The largest absolute Gasteiger partial charge is 0.490 e. The van der Waals surface area contributed by atoms with Crippen molar-refractivity contribution in [3.8, 4) is 5.75 Å². The first-order chi connectivity index (χ1) is 16.9. The van der Waals surface area contributed by atoms with E-state index in [2.05, 4.69) is 4.98 Å². The highest BCUT2D eigenvalue weighted by atomic mass is 35.5.